The lowest BCUT2D eigenvalue weighted by Crippen LogP contribution is -2.40. The van der Waals surface area contributed by atoms with Gasteiger partial charge in [-0.1, -0.05) is 72.0 Å². The van der Waals surface area contributed by atoms with E-state index in [0.29, 0.717) is 43.4 Å². The summed E-state index contributed by atoms with van der Waals surface area (Å²) < 4.78 is 24.5. The van der Waals surface area contributed by atoms with Gasteiger partial charge < -0.3 is 18.9 Å². The lowest BCUT2D eigenvalue weighted by Gasteiger charge is -2.28. The van der Waals surface area contributed by atoms with E-state index in [0.717, 1.165) is 16.3 Å². The molecule has 0 saturated carbocycles. The topological polar surface area (TPSA) is 88.4 Å². The van der Waals surface area contributed by atoms with Crippen molar-refractivity contribution in [2.24, 2.45) is 4.99 Å². The van der Waals surface area contributed by atoms with Crippen molar-refractivity contribution in [3.63, 3.8) is 0 Å². The van der Waals surface area contributed by atoms with Crippen LogP contribution in [0, 0.1) is 0 Å². The highest BCUT2D eigenvalue weighted by molar-refractivity contribution is 7.07. The summed E-state index contributed by atoms with van der Waals surface area (Å²) in [5, 5.41) is 1.78. The molecule has 1 aliphatic rings. The normalized spacial score (nSPS) is 14.6. The standard InChI is InChI=1S/C35H30N2O6S/c1-5-43-34(39)30-31(22-12-7-6-8-13-22)36-35-37(32(30)29-25-14-10-9-11-21(25)15-17-27(29)42-4)33(38)28(44-35)20-23-19-24(40-2)16-18-26(23)41-3/h6-20,32H,5H2,1-4H3/b28-20-. The summed E-state index contributed by atoms with van der Waals surface area (Å²) in [5.41, 5.74) is 2.45. The number of benzene rings is 4. The molecular formula is C35H30N2O6S. The number of carbonyl (C=O) groups excluding carboxylic acids is 1. The maximum atomic E-state index is 14.5. The van der Waals surface area contributed by atoms with Crippen LogP contribution >= 0.6 is 11.3 Å². The van der Waals surface area contributed by atoms with Crippen LogP contribution in [0.15, 0.2) is 100 Å². The van der Waals surface area contributed by atoms with Gasteiger partial charge in [0.2, 0.25) is 0 Å². The minimum absolute atomic E-state index is 0.157. The number of ether oxygens (including phenoxy) is 4. The van der Waals surface area contributed by atoms with Gasteiger partial charge in [-0.15, -0.1) is 0 Å². The Morgan fingerprint density at radius 1 is 0.909 bits per heavy atom. The molecule has 0 N–H and O–H groups in total. The molecule has 0 radical (unpaired) electrons. The third-order valence-electron chi connectivity index (χ3n) is 7.52. The molecule has 4 aromatic carbocycles. The highest BCUT2D eigenvalue weighted by Crippen LogP contribution is 2.42. The number of hydrogen-bond donors (Lipinski definition) is 0. The summed E-state index contributed by atoms with van der Waals surface area (Å²) >= 11 is 1.24. The Hall–Kier alpha value is -5.15. The smallest absolute Gasteiger partial charge is 0.338 e. The average molecular weight is 607 g/mol. The van der Waals surface area contributed by atoms with Crippen LogP contribution in [0.1, 0.15) is 29.7 Å². The zero-order chi connectivity index (χ0) is 30.8. The highest BCUT2D eigenvalue weighted by atomic mass is 32.1. The maximum absolute atomic E-state index is 14.5. The Balaban J connectivity index is 1.74. The number of aromatic nitrogens is 1. The van der Waals surface area contributed by atoms with E-state index in [2.05, 4.69) is 0 Å². The Labute approximate surface area is 257 Å². The van der Waals surface area contributed by atoms with Crippen LogP contribution in [-0.4, -0.2) is 38.5 Å². The molecule has 0 aliphatic carbocycles. The molecule has 5 aromatic rings. The van der Waals surface area contributed by atoms with Gasteiger partial charge in [0.1, 0.15) is 23.3 Å². The molecule has 0 bridgehead atoms. The first kappa shape index (κ1) is 28.9. The zero-order valence-electron chi connectivity index (χ0n) is 24.7. The minimum atomic E-state index is -0.893. The van der Waals surface area contributed by atoms with E-state index in [4.69, 9.17) is 23.9 Å². The van der Waals surface area contributed by atoms with Gasteiger partial charge in [-0.25, -0.2) is 9.79 Å². The van der Waals surface area contributed by atoms with Crippen LogP contribution in [0.2, 0.25) is 0 Å². The highest BCUT2D eigenvalue weighted by Gasteiger charge is 2.37. The van der Waals surface area contributed by atoms with Gasteiger partial charge in [0.15, 0.2) is 4.80 Å². The summed E-state index contributed by atoms with van der Waals surface area (Å²) in [5.74, 6) is 1.19. The summed E-state index contributed by atoms with van der Waals surface area (Å²) in [6.07, 6.45) is 1.76. The van der Waals surface area contributed by atoms with Crippen molar-refractivity contribution in [3.8, 4) is 17.2 Å². The summed E-state index contributed by atoms with van der Waals surface area (Å²) in [6, 6.07) is 25.6. The molecule has 1 aromatic heterocycles. The molecule has 0 saturated heterocycles. The van der Waals surface area contributed by atoms with Crippen molar-refractivity contribution in [3.05, 3.63) is 127 Å². The molecule has 1 aliphatic heterocycles. The third kappa shape index (κ3) is 5.05. The van der Waals surface area contributed by atoms with E-state index in [1.165, 1.54) is 11.3 Å². The first-order valence-corrected chi connectivity index (χ1v) is 14.9. The lowest BCUT2D eigenvalue weighted by molar-refractivity contribution is -0.138. The lowest BCUT2D eigenvalue weighted by atomic mass is 9.89. The average Bonchev–Trinajstić information content (AvgIpc) is 3.37. The number of thiazole rings is 1. The van der Waals surface area contributed by atoms with Gasteiger partial charge in [0.25, 0.3) is 5.56 Å². The van der Waals surface area contributed by atoms with Crippen LogP contribution in [0.3, 0.4) is 0 Å². The number of carbonyl (C=O) groups is 1. The molecule has 9 heteroatoms. The summed E-state index contributed by atoms with van der Waals surface area (Å²) in [7, 11) is 4.74. The van der Waals surface area contributed by atoms with Gasteiger partial charge >= 0.3 is 5.97 Å². The van der Waals surface area contributed by atoms with E-state index in [1.807, 2.05) is 72.8 Å². The third-order valence-corrected chi connectivity index (χ3v) is 8.50. The second-order valence-corrected chi connectivity index (χ2v) is 11.0. The number of hydrogen-bond acceptors (Lipinski definition) is 8. The van der Waals surface area contributed by atoms with Crippen molar-refractivity contribution in [1.82, 2.24) is 4.57 Å². The van der Waals surface area contributed by atoms with Crippen molar-refractivity contribution in [2.45, 2.75) is 13.0 Å². The van der Waals surface area contributed by atoms with Gasteiger partial charge in [-0.2, -0.15) is 0 Å². The number of methoxy groups -OCH3 is 3. The van der Waals surface area contributed by atoms with Gasteiger partial charge in [-0.3, -0.25) is 9.36 Å². The van der Waals surface area contributed by atoms with Crippen molar-refractivity contribution >= 4 is 39.9 Å². The molecular weight excluding hydrogens is 576 g/mol. The predicted molar refractivity (Wildman–Crippen MR) is 171 cm³/mol. The monoisotopic (exact) mass is 606 g/mol. The summed E-state index contributed by atoms with van der Waals surface area (Å²) in [4.78, 5) is 33.8. The first-order chi connectivity index (χ1) is 21.5. The molecule has 2 heterocycles. The van der Waals surface area contributed by atoms with Crippen molar-refractivity contribution in [1.29, 1.82) is 0 Å². The fourth-order valence-corrected chi connectivity index (χ4v) is 6.53. The second kappa shape index (κ2) is 12.2. The summed E-state index contributed by atoms with van der Waals surface area (Å²) in [6.45, 7) is 1.91. The number of esters is 1. The maximum Gasteiger partial charge on any atom is 0.338 e. The second-order valence-electron chi connectivity index (χ2n) is 9.94. The van der Waals surface area contributed by atoms with E-state index >= 15 is 0 Å². The van der Waals surface area contributed by atoms with Crippen LogP contribution in [-0.2, 0) is 9.53 Å². The molecule has 0 fully saturated rings. The van der Waals surface area contributed by atoms with Crippen LogP contribution in [0.4, 0.5) is 0 Å². The zero-order valence-corrected chi connectivity index (χ0v) is 25.5. The number of fused-ring (bicyclic) bond motifs is 2. The fourth-order valence-electron chi connectivity index (χ4n) is 5.54. The van der Waals surface area contributed by atoms with E-state index in [9.17, 15) is 9.59 Å². The van der Waals surface area contributed by atoms with Crippen LogP contribution in [0.25, 0.3) is 22.5 Å². The van der Waals surface area contributed by atoms with Gasteiger partial charge in [0, 0.05) is 16.7 Å². The van der Waals surface area contributed by atoms with Gasteiger partial charge in [-0.05, 0) is 48.0 Å². The Morgan fingerprint density at radius 2 is 1.64 bits per heavy atom. The molecule has 6 rings (SSSR count). The number of nitrogens with zero attached hydrogens (tertiary/aromatic N) is 2. The van der Waals surface area contributed by atoms with E-state index < -0.39 is 12.0 Å². The largest absolute Gasteiger partial charge is 0.497 e. The molecule has 44 heavy (non-hydrogen) atoms. The van der Waals surface area contributed by atoms with E-state index in [1.54, 1.807) is 51.0 Å². The molecule has 0 amide bonds. The molecule has 222 valence electrons. The molecule has 0 spiro atoms. The SMILES string of the molecule is CCOC(=O)C1=C(c2ccccc2)N=c2s/c(=C\c3cc(OC)ccc3OC)c(=O)n2C1c1c(OC)ccc2ccccc12. The predicted octanol–water partition coefficient (Wildman–Crippen LogP) is 5.11. The molecule has 8 nitrogen and oxygen atoms in total. The Morgan fingerprint density at radius 3 is 2.36 bits per heavy atom. The van der Waals surface area contributed by atoms with Gasteiger partial charge in [0.05, 0.1) is 43.7 Å². The minimum Gasteiger partial charge on any atom is -0.497 e. The quantitative estimate of drug-likeness (QED) is 0.228. The Kier molecular flexibility index (Phi) is 8.04. The van der Waals surface area contributed by atoms with Crippen LogP contribution < -0.4 is 29.1 Å². The van der Waals surface area contributed by atoms with E-state index in [-0.39, 0.29) is 17.7 Å². The van der Waals surface area contributed by atoms with Crippen molar-refractivity contribution < 1.29 is 23.7 Å². The first-order valence-electron chi connectivity index (χ1n) is 14.0. The molecule has 1 unspecified atom stereocenters. The van der Waals surface area contributed by atoms with Crippen molar-refractivity contribution in [2.75, 3.05) is 27.9 Å². The van der Waals surface area contributed by atoms with Crippen LogP contribution in [0.5, 0.6) is 17.2 Å². The number of rotatable bonds is 8. The Bertz CT molecular complexity index is 2100. The molecule has 1 atom stereocenters. The fraction of sp³-hybridized carbons (Fsp3) is 0.171.